The summed E-state index contributed by atoms with van der Waals surface area (Å²) in [5, 5.41) is 16.6. The lowest BCUT2D eigenvalue weighted by atomic mass is 10.2. The molecule has 0 bridgehead atoms. The molecule has 0 saturated carbocycles. The highest BCUT2D eigenvalue weighted by atomic mass is 16.6. The minimum atomic E-state index is -0.599. The van der Waals surface area contributed by atoms with Gasteiger partial charge in [0.1, 0.15) is 17.7 Å². The van der Waals surface area contributed by atoms with Gasteiger partial charge < -0.3 is 25.0 Å². The Morgan fingerprint density at radius 1 is 0.919 bits per heavy atom. The zero-order valence-electron chi connectivity index (χ0n) is 22.1. The summed E-state index contributed by atoms with van der Waals surface area (Å²) < 4.78 is 8.19. The van der Waals surface area contributed by atoms with Crippen LogP contribution in [-0.4, -0.2) is 63.4 Å². The molecule has 0 spiro atoms. The Kier molecular flexibility index (Phi) is 7.47. The average molecular weight is 509 g/mol. The molecule has 1 saturated heterocycles. The number of aromatic nitrogens is 3. The van der Waals surface area contributed by atoms with E-state index in [2.05, 4.69) is 20.2 Å². The lowest BCUT2D eigenvalue weighted by Crippen LogP contribution is -2.46. The minimum absolute atomic E-state index is 0.272. The number of phenols is 1. The van der Waals surface area contributed by atoms with E-state index in [0.29, 0.717) is 0 Å². The fourth-order valence-electron chi connectivity index (χ4n) is 4.31. The summed E-state index contributed by atoms with van der Waals surface area (Å²) in [6.07, 6.45) is 0.976. The highest BCUT2D eigenvalue weighted by Gasteiger charge is 2.24. The summed E-state index contributed by atoms with van der Waals surface area (Å²) in [4.78, 5) is 29.8. The molecular formula is C27H36N6O4. The molecule has 0 unspecified atom stereocenters. The van der Waals surface area contributed by atoms with Gasteiger partial charge in [-0.05, 0) is 83.1 Å². The van der Waals surface area contributed by atoms with Gasteiger partial charge in [0.25, 0.3) is 0 Å². The van der Waals surface area contributed by atoms with Gasteiger partial charge in [-0.3, -0.25) is 0 Å². The number of benzene rings is 2. The molecule has 10 nitrogen and oxygen atoms in total. The molecule has 2 heterocycles. The molecule has 2 aromatic carbocycles. The maximum atomic E-state index is 13.1. The Labute approximate surface area is 217 Å². The van der Waals surface area contributed by atoms with Crippen LogP contribution in [0.3, 0.4) is 0 Å². The van der Waals surface area contributed by atoms with Crippen LogP contribution in [0.15, 0.2) is 59.7 Å². The predicted octanol–water partition coefficient (Wildman–Crippen LogP) is 3.54. The number of amides is 1. The average Bonchev–Trinajstić information content (AvgIpc) is 3.24. The van der Waals surface area contributed by atoms with Crippen LogP contribution in [0.2, 0.25) is 0 Å². The summed E-state index contributed by atoms with van der Waals surface area (Å²) >= 11 is 0. The molecule has 3 aromatic rings. The normalized spacial score (nSPS) is 15.8. The molecule has 37 heavy (non-hydrogen) atoms. The van der Waals surface area contributed by atoms with Gasteiger partial charge in [-0.2, -0.15) is 5.10 Å². The Morgan fingerprint density at radius 2 is 1.41 bits per heavy atom. The number of piperazine rings is 1. The Morgan fingerprint density at radius 3 is 1.92 bits per heavy atom. The molecule has 1 aliphatic rings. The molecule has 10 heteroatoms. The van der Waals surface area contributed by atoms with Crippen LogP contribution >= 0.6 is 0 Å². The molecule has 1 amide bonds. The molecule has 0 aliphatic carbocycles. The van der Waals surface area contributed by atoms with Crippen molar-refractivity contribution in [2.24, 2.45) is 0 Å². The van der Waals surface area contributed by atoms with E-state index < -0.39 is 11.7 Å². The van der Waals surface area contributed by atoms with Crippen LogP contribution in [0, 0.1) is 0 Å². The highest BCUT2D eigenvalue weighted by Crippen LogP contribution is 2.23. The standard InChI is InChI=1S/C27H36N6O4/c1-19(29-25(35)37-27(3,4)5)20(2)33-26(36)32(18-28-33)23-8-6-21(7-9-23)30-14-16-31(17-15-30)22-10-12-24(34)13-11-22/h6-13,18-20,34H,14-17H2,1-5H3,(H,29,35)/t19-,20-/m1/s1. The van der Waals surface area contributed by atoms with Gasteiger partial charge in [0, 0.05) is 37.6 Å². The molecule has 1 aromatic heterocycles. The minimum Gasteiger partial charge on any atom is -0.508 e. The van der Waals surface area contributed by atoms with Gasteiger partial charge in [-0.15, -0.1) is 0 Å². The fraction of sp³-hybridized carbons (Fsp3) is 0.444. The van der Waals surface area contributed by atoms with Crippen molar-refractivity contribution in [2.75, 3.05) is 36.0 Å². The van der Waals surface area contributed by atoms with E-state index in [1.165, 1.54) is 15.6 Å². The summed E-state index contributed by atoms with van der Waals surface area (Å²) in [7, 11) is 0. The van der Waals surface area contributed by atoms with E-state index in [9.17, 15) is 14.7 Å². The van der Waals surface area contributed by atoms with Gasteiger partial charge in [0.15, 0.2) is 0 Å². The van der Waals surface area contributed by atoms with Gasteiger partial charge in [0.2, 0.25) is 0 Å². The third kappa shape index (κ3) is 6.25. The summed E-state index contributed by atoms with van der Waals surface area (Å²) in [5.41, 5.74) is 2.05. The van der Waals surface area contributed by atoms with Crippen LogP contribution < -0.4 is 20.8 Å². The topological polar surface area (TPSA) is 105 Å². The Hall–Kier alpha value is -3.95. The second-order valence-corrected chi connectivity index (χ2v) is 10.4. The van der Waals surface area contributed by atoms with E-state index in [4.69, 9.17) is 4.74 Å². The third-order valence-corrected chi connectivity index (χ3v) is 6.53. The first-order chi connectivity index (χ1) is 17.5. The number of anilines is 2. The zero-order chi connectivity index (χ0) is 26.7. The van der Waals surface area contributed by atoms with E-state index in [-0.39, 0.29) is 23.5 Å². The van der Waals surface area contributed by atoms with E-state index in [1.807, 2.05) is 50.2 Å². The van der Waals surface area contributed by atoms with Crippen molar-refractivity contribution in [3.05, 3.63) is 65.3 Å². The quantitative estimate of drug-likeness (QED) is 0.525. The Bertz CT molecular complexity index is 1250. The van der Waals surface area contributed by atoms with Crippen molar-refractivity contribution in [1.82, 2.24) is 19.7 Å². The molecule has 198 valence electrons. The van der Waals surface area contributed by atoms with Gasteiger partial charge in [0.05, 0.1) is 17.8 Å². The lowest BCUT2D eigenvalue weighted by Gasteiger charge is -2.37. The van der Waals surface area contributed by atoms with Crippen LogP contribution in [0.4, 0.5) is 16.2 Å². The first-order valence-electron chi connectivity index (χ1n) is 12.6. The third-order valence-electron chi connectivity index (χ3n) is 6.53. The number of alkyl carbamates (subject to hydrolysis) is 1. The van der Waals surface area contributed by atoms with Crippen molar-refractivity contribution in [3.8, 4) is 11.4 Å². The number of nitrogens with one attached hydrogen (secondary N) is 1. The Balaban J connectivity index is 1.38. The van der Waals surface area contributed by atoms with Crippen LogP contribution in [0.5, 0.6) is 5.75 Å². The van der Waals surface area contributed by atoms with Crippen molar-refractivity contribution >= 4 is 17.5 Å². The first-order valence-corrected chi connectivity index (χ1v) is 12.6. The van der Waals surface area contributed by atoms with Crippen LogP contribution in [0.25, 0.3) is 5.69 Å². The van der Waals surface area contributed by atoms with E-state index in [1.54, 1.807) is 32.9 Å². The number of aromatic hydroxyl groups is 1. The number of ether oxygens (including phenoxy) is 1. The SMILES string of the molecule is C[C@H]([C@@H](C)NC(=O)OC(C)(C)C)n1ncn(-c2ccc(N3CCN(c4ccc(O)cc4)CC3)cc2)c1=O. The van der Waals surface area contributed by atoms with E-state index in [0.717, 1.165) is 43.2 Å². The maximum absolute atomic E-state index is 13.1. The molecule has 2 atom stereocenters. The number of phenolic OH excluding ortho intramolecular Hbond substituents is 1. The second-order valence-electron chi connectivity index (χ2n) is 10.4. The van der Waals surface area contributed by atoms with Crippen molar-refractivity contribution in [1.29, 1.82) is 0 Å². The van der Waals surface area contributed by atoms with Crippen molar-refractivity contribution < 1.29 is 14.6 Å². The maximum Gasteiger partial charge on any atom is 0.407 e. The first kappa shape index (κ1) is 26.1. The van der Waals surface area contributed by atoms with Gasteiger partial charge in [-0.25, -0.2) is 18.8 Å². The largest absolute Gasteiger partial charge is 0.508 e. The van der Waals surface area contributed by atoms with E-state index >= 15 is 0 Å². The lowest BCUT2D eigenvalue weighted by molar-refractivity contribution is 0.0493. The molecule has 1 aliphatic heterocycles. The van der Waals surface area contributed by atoms with Gasteiger partial charge in [-0.1, -0.05) is 0 Å². The fourth-order valence-corrected chi connectivity index (χ4v) is 4.31. The number of hydrogen-bond acceptors (Lipinski definition) is 7. The zero-order valence-corrected chi connectivity index (χ0v) is 22.1. The summed E-state index contributed by atoms with van der Waals surface area (Å²) in [5.74, 6) is 0.272. The smallest absolute Gasteiger partial charge is 0.407 e. The monoisotopic (exact) mass is 508 g/mol. The second kappa shape index (κ2) is 10.6. The number of rotatable bonds is 6. The van der Waals surface area contributed by atoms with Crippen molar-refractivity contribution in [2.45, 2.75) is 52.3 Å². The van der Waals surface area contributed by atoms with Gasteiger partial charge >= 0.3 is 11.8 Å². The summed E-state index contributed by atoms with van der Waals surface area (Å²) in [6, 6.07) is 14.4. The molecular weight excluding hydrogens is 472 g/mol. The molecule has 0 radical (unpaired) electrons. The molecule has 2 N–H and O–H groups in total. The summed E-state index contributed by atoms with van der Waals surface area (Å²) in [6.45, 7) is 12.6. The predicted molar refractivity (Wildman–Crippen MR) is 144 cm³/mol. The number of hydrogen-bond donors (Lipinski definition) is 2. The van der Waals surface area contributed by atoms with Crippen molar-refractivity contribution in [3.63, 3.8) is 0 Å². The van der Waals surface area contributed by atoms with Crippen LogP contribution in [0.1, 0.15) is 40.7 Å². The number of carbonyl (C=O) groups excluding carboxylic acids is 1. The number of carbonyl (C=O) groups is 1. The van der Waals surface area contributed by atoms with Crippen LogP contribution in [-0.2, 0) is 4.74 Å². The molecule has 4 rings (SSSR count). The molecule has 1 fully saturated rings. The highest BCUT2D eigenvalue weighted by molar-refractivity contribution is 5.68. The number of nitrogens with zero attached hydrogens (tertiary/aromatic N) is 5.